The zero-order valence-electron chi connectivity index (χ0n) is 19.5. The first-order chi connectivity index (χ1) is 16.5. The Hall–Kier alpha value is -2.79. The maximum absolute atomic E-state index is 12.6. The number of nitrogens with one attached hydrogen (secondary N) is 2. The van der Waals surface area contributed by atoms with E-state index >= 15 is 0 Å². The zero-order valence-corrected chi connectivity index (χ0v) is 19.5. The van der Waals surface area contributed by atoms with E-state index in [0.717, 1.165) is 50.9 Å². The second kappa shape index (κ2) is 11.6. The number of aliphatic hydroxyl groups is 1. The Kier molecular flexibility index (Phi) is 8.28. The number of hydrogen-bond acceptors (Lipinski definition) is 7. The van der Waals surface area contributed by atoms with Crippen LogP contribution in [0.3, 0.4) is 0 Å². The number of amides is 2. The Labute approximate surface area is 199 Å². The summed E-state index contributed by atoms with van der Waals surface area (Å²) in [6.07, 6.45) is 5.77. The van der Waals surface area contributed by atoms with Crippen LogP contribution >= 0.6 is 0 Å². The molecule has 1 aromatic carbocycles. The molecule has 184 valence electrons. The van der Waals surface area contributed by atoms with Crippen molar-refractivity contribution in [1.29, 1.82) is 0 Å². The number of hydrogen-bond donors (Lipinski definition) is 4. The van der Waals surface area contributed by atoms with E-state index in [4.69, 9.17) is 5.73 Å². The van der Waals surface area contributed by atoms with Crippen molar-refractivity contribution in [1.82, 2.24) is 24.7 Å². The van der Waals surface area contributed by atoms with E-state index in [2.05, 4.69) is 20.5 Å². The highest BCUT2D eigenvalue weighted by Gasteiger charge is 2.24. The van der Waals surface area contributed by atoms with E-state index in [9.17, 15) is 14.7 Å². The van der Waals surface area contributed by atoms with Crippen LogP contribution in [0, 0.1) is 0 Å². The van der Waals surface area contributed by atoms with Gasteiger partial charge in [-0.25, -0.2) is 9.59 Å². The van der Waals surface area contributed by atoms with Crippen molar-refractivity contribution in [3.05, 3.63) is 52.6 Å². The molecule has 10 nitrogen and oxygen atoms in total. The molecule has 2 aliphatic rings. The molecule has 0 bridgehead atoms. The van der Waals surface area contributed by atoms with Crippen LogP contribution in [0.15, 0.2) is 41.3 Å². The standard InChI is InChI=1S/C24H35N7O3/c25-19-3-7-20(8-4-19)30(15-16-32)17-18-1-5-21(6-2-18)31-12-9-22(28-24(31)34)27-23(33)29-13-10-26-11-14-29/h1-2,5-6,9,12,19-20,26,32H,3-4,7-8,10-11,13-17,25H2,(H,27,28,33,34)/t19-,20-. The fourth-order valence-electron chi connectivity index (χ4n) is 4.71. The monoisotopic (exact) mass is 469 g/mol. The number of aromatic nitrogens is 2. The molecule has 0 spiro atoms. The molecule has 0 unspecified atom stereocenters. The van der Waals surface area contributed by atoms with E-state index in [0.29, 0.717) is 37.4 Å². The van der Waals surface area contributed by atoms with Crippen LogP contribution < -0.4 is 22.1 Å². The van der Waals surface area contributed by atoms with Crippen LogP contribution in [-0.2, 0) is 6.54 Å². The molecule has 34 heavy (non-hydrogen) atoms. The van der Waals surface area contributed by atoms with E-state index in [1.54, 1.807) is 17.2 Å². The first-order valence-corrected chi connectivity index (χ1v) is 12.1. The van der Waals surface area contributed by atoms with Crippen LogP contribution in [0.2, 0.25) is 0 Å². The van der Waals surface area contributed by atoms with Crippen LogP contribution in [0.5, 0.6) is 0 Å². The van der Waals surface area contributed by atoms with Gasteiger partial charge in [-0.3, -0.25) is 14.8 Å². The summed E-state index contributed by atoms with van der Waals surface area (Å²) in [5, 5.41) is 15.4. The van der Waals surface area contributed by atoms with Crippen LogP contribution in [-0.4, -0.2) is 81.9 Å². The van der Waals surface area contributed by atoms with Gasteiger partial charge in [-0.1, -0.05) is 12.1 Å². The molecule has 1 aliphatic heterocycles. The highest BCUT2D eigenvalue weighted by atomic mass is 16.3. The predicted octanol–water partition coefficient (Wildman–Crippen LogP) is 0.734. The van der Waals surface area contributed by atoms with Crippen molar-refractivity contribution < 1.29 is 9.90 Å². The van der Waals surface area contributed by atoms with Crippen LogP contribution in [0.4, 0.5) is 10.6 Å². The second-order valence-electron chi connectivity index (χ2n) is 9.06. The number of rotatable bonds is 7. The van der Waals surface area contributed by atoms with Gasteiger partial charge < -0.3 is 21.1 Å². The molecule has 2 fully saturated rings. The van der Waals surface area contributed by atoms with Gasteiger partial charge >= 0.3 is 11.7 Å². The number of benzene rings is 1. The molecular weight excluding hydrogens is 434 g/mol. The molecule has 1 aromatic heterocycles. The average molecular weight is 470 g/mol. The third kappa shape index (κ3) is 6.20. The second-order valence-corrected chi connectivity index (χ2v) is 9.06. The van der Waals surface area contributed by atoms with Gasteiger partial charge in [0, 0.05) is 57.5 Å². The summed E-state index contributed by atoms with van der Waals surface area (Å²) in [7, 11) is 0. The molecule has 2 amide bonds. The summed E-state index contributed by atoms with van der Waals surface area (Å²) in [6, 6.07) is 9.90. The van der Waals surface area contributed by atoms with Crippen molar-refractivity contribution in [2.75, 3.05) is 44.6 Å². The highest BCUT2D eigenvalue weighted by Crippen LogP contribution is 2.24. The summed E-state index contributed by atoms with van der Waals surface area (Å²) in [5.74, 6) is 0.244. The van der Waals surface area contributed by atoms with Gasteiger partial charge in [0.1, 0.15) is 5.82 Å². The first kappa shape index (κ1) is 24.3. The number of anilines is 1. The van der Waals surface area contributed by atoms with Crippen molar-refractivity contribution in [2.24, 2.45) is 5.73 Å². The molecule has 1 saturated carbocycles. The van der Waals surface area contributed by atoms with Crippen LogP contribution in [0.1, 0.15) is 31.2 Å². The van der Waals surface area contributed by atoms with Crippen molar-refractivity contribution in [3.63, 3.8) is 0 Å². The largest absolute Gasteiger partial charge is 0.395 e. The quantitative estimate of drug-likeness (QED) is 0.471. The number of carbonyl (C=O) groups is 1. The first-order valence-electron chi connectivity index (χ1n) is 12.1. The van der Waals surface area contributed by atoms with E-state index < -0.39 is 5.69 Å². The molecule has 1 saturated heterocycles. The molecule has 2 heterocycles. The Morgan fingerprint density at radius 1 is 1.15 bits per heavy atom. The normalized spacial score (nSPS) is 21.0. The minimum absolute atomic E-state index is 0.124. The van der Waals surface area contributed by atoms with Gasteiger partial charge in [-0.2, -0.15) is 4.98 Å². The molecule has 0 radical (unpaired) electrons. The lowest BCUT2D eigenvalue weighted by Gasteiger charge is -2.35. The molecule has 0 atom stereocenters. The Morgan fingerprint density at radius 3 is 2.50 bits per heavy atom. The smallest absolute Gasteiger partial charge is 0.354 e. The topological polar surface area (TPSA) is 129 Å². The van der Waals surface area contributed by atoms with E-state index in [1.807, 2.05) is 24.3 Å². The Morgan fingerprint density at radius 2 is 1.85 bits per heavy atom. The van der Waals surface area contributed by atoms with Gasteiger partial charge in [0.15, 0.2) is 0 Å². The molecule has 5 N–H and O–H groups in total. The lowest BCUT2D eigenvalue weighted by atomic mass is 9.90. The minimum atomic E-state index is -0.452. The fraction of sp³-hybridized carbons (Fsp3) is 0.542. The summed E-state index contributed by atoms with van der Waals surface area (Å²) >= 11 is 0. The van der Waals surface area contributed by atoms with Crippen molar-refractivity contribution in [2.45, 2.75) is 44.3 Å². The minimum Gasteiger partial charge on any atom is -0.395 e. The number of nitrogens with zero attached hydrogens (tertiary/aromatic N) is 4. The lowest BCUT2D eigenvalue weighted by Crippen LogP contribution is -2.48. The SMILES string of the molecule is N[C@H]1CC[C@H](N(CCO)Cc2ccc(-n3ccc(NC(=O)N4CCNCC4)nc3=O)cc2)CC1. The zero-order chi connectivity index (χ0) is 23.9. The Bertz CT molecular complexity index is 996. The number of urea groups is 1. The number of aliphatic hydroxyl groups excluding tert-OH is 1. The molecule has 4 rings (SSSR count). The lowest BCUT2D eigenvalue weighted by molar-refractivity contribution is 0.113. The number of carbonyl (C=O) groups excluding carboxylic acids is 1. The highest BCUT2D eigenvalue weighted by molar-refractivity contribution is 5.88. The van der Waals surface area contributed by atoms with Crippen molar-refractivity contribution in [3.8, 4) is 5.69 Å². The van der Waals surface area contributed by atoms with Crippen molar-refractivity contribution >= 4 is 11.8 Å². The summed E-state index contributed by atoms with van der Waals surface area (Å²) in [6.45, 7) is 4.25. The van der Waals surface area contributed by atoms with Gasteiger partial charge in [-0.15, -0.1) is 0 Å². The third-order valence-corrected chi connectivity index (χ3v) is 6.69. The maximum Gasteiger partial charge on any atom is 0.354 e. The predicted molar refractivity (Wildman–Crippen MR) is 131 cm³/mol. The fourth-order valence-corrected chi connectivity index (χ4v) is 4.71. The van der Waals surface area contributed by atoms with Gasteiger partial charge in [-0.05, 0) is 49.4 Å². The van der Waals surface area contributed by atoms with Gasteiger partial charge in [0.05, 0.1) is 12.3 Å². The number of nitrogens with two attached hydrogens (primary N) is 1. The van der Waals surface area contributed by atoms with E-state index in [-0.39, 0.29) is 18.5 Å². The summed E-state index contributed by atoms with van der Waals surface area (Å²) < 4.78 is 1.46. The molecule has 1 aliphatic carbocycles. The maximum atomic E-state index is 12.6. The Balaban J connectivity index is 1.39. The summed E-state index contributed by atoms with van der Waals surface area (Å²) in [4.78, 5) is 33.0. The molecule has 10 heteroatoms. The number of piperazine rings is 1. The van der Waals surface area contributed by atoms with E-state index in [1.165, 1.54) is 4.57 Å². The summed E-state index contributed by atoms with van der Waals surface area (Å²) in [5.41, 5.74) is 7.42. The van der Waals surface area contributed by atoms with Gasteiger partial charge in [0.2, 0.25) is 0 Å². The van der Waals surface area contributed by atoms with Gasteiger partial charge in [0.25, 0.3) is 0 Å². The van der Waals surface area contributed by atoms with Crippen LogP contribution in [0.25, 0.3) is 5.69 Å². The third-order valence-electron chi connectivity index (χ3n) is 6.69. The molecular formula is C24H35N7O3. The molecule has 2 aromatic rings. The average Bonchev–Trinajstić information content (AvgIpc) is 2.85.